The smallest absolute Gasteiger partial charge is 0.159 e. The Hall–Kier alpha value is -4.73. The first-order valence-corrected chi connectivity index (χ1v) is 9.99. The zero-order valence-corrected chi connectivity index (χ0v) is 17.2. The number of nitrogens with zero attached hydrogens (tertiary/aromatic N) is 6. The van der Waals surface area contributed by atoms with E-state index in [9.17, 15) is 4.39 Å². The second kappa shape index (κ2) is 7.45. The van der Waals surface area contributed by atoms with Crippen LogP contribution in [0.3, 0.4) is 0 Å². The van der Waals surface area contributed by atoms with Crippen molar-refractivity contribution in [3.05, 3.63) is 67.3 Å². The number of imidazole rings is 1. The van der Waals surface area contributed by atoms with Gasteiger partial charge in [0.05, 0.1) is 35.7 Å². The van der Waals surface area contributed by atoms with Gasteiger partial charge in [0.2, 0.25) is 0 Å². The molecule has 0 saturated carbocycles. The number of hydrogen-bond acceptors (Lipinski definition) is 7. The van der Waals surface area contributed by atoms with Gasteiger partial charge in [-0.2, -0.15) is 5.10 Å². The fraction of sp³-hybridized carbons (Fsp3) is 0.0435. The molecular weight excluding hydrogens is 423 g/mol. The first-order valence-electron chi connectivity index (χ1n) is 9.99. The molecule has 0 fully saturated rings. The largest absolute Gasteiger partial charge is 0.497 e. The summed E-state index contributed by atoms with van der Waals surface area (Å²) in [5.41, 5.74) is 5.36. The third kappa shape index (κ3) is 3.24. The molecule has 0 amide bonds. The number of pyridine rings is 2. The molecule has 0 spiro atoms. The lowest BCUT2D eigenvalue weighted by Crippen LogP contribution is -1.90. The van der Waals surface area contributed by atoms with Crippen LogP contribution in [-0.2, 0) is 0 Å². The third-order valence-corrected chi connectivity index (χ3v) is 5.31. The fourth-order valence-electron chi connectivity index (χ4n) is 3.76. The Balaban J connectivity index is 1.50. The molecule has 6 aromatic rings. The topological polar surface area (TPSA) is 118 Å². The molecule has 2 N–H and O–H groups in total. The molecule has 10 heteroatoms. The van der Waals surface area contributed by atoms with Crippen LogP contribution < -0.4 is 4.74 Å². The van der Waals surface area contributed by atoms with Crippen LogP contribution in [0.25, 0.3) is 56.0 Å². The van der Waals surface area contributed by atoms with E-state index in [2.05, 4.69) is 35.1 Å². The highest BCUT2D eigenvalue weighted by molar-refractivity contribution is 5.96. The van der Waals surface area contributed by atoms with Gasteiger partial charge < -0.3 is 9.72 Å². The molecule has 0 unspecified atom stereocenters. The second-order valence-corrected chi connectivity index (χ2v) is 7.34. The Morgan fingerprint density at radius 1 is 0.909 bits per heavy atom. The lowest BCUT2D eigenvalue weighted by atomic mass is 10.1. The second-order valence-electron chi connectivity index (χ2n) is 7.34. The molecule has 0 aliphatic heterocycles. The number of rotatable bonds is 4. The lowest BCUT2D eigenvalue weighted by molar-refractivity contribution is 0.411. The Kier molecular flexibility index (Phi) is 4.29. The predicted molar refractivity (Wildman–Crippen MR) is 120 cm³/mol. The average molecular weight is 438 g/mol. The molecule has 0 radical (unpaired) electrons. The van der Waals surface area contributed by atoms with Crippen LogP contribution in [0.5, 0.6) is 5.75 Å². The highest BCUT2D eigenvalue weighted by Gasteiger charge is 2.17. The van der Waals surface area contributed by atoms with E-state index in [0.717, 1.165) is 27.7 Å². The number of H-pyrrole nitrogens is 2. The summed E-state index contributed by atoms with van der Waals surface area (Å²) in [7, 11) is 1.49. The zero-order valence-electron chi connectivity index (χ0n) is 17.2. The van der Waals surface area contributed by atoms with Gasteiger partial charge in [-0.3, -0.25) is 15.1 Å². The van der Waals surface area contributed by atoms with Gasteiger partial charge in [0, 0.05) is 41.2 Å². The van der Waals surface area contributed by atoms with Crippen LogP contribution in [0.15, 0.2) is 61.4 Å². The number of ether oxygens (including phenoxy) is 1. The van der Waals surface area contributed by atoms with Gasteiger partial charge in [-0.15, -0.1) is 0 Å². The normalized spacial score (nSPS) is 11.3. The van der Waals surface area contributed by atoms with Gasteiger partial charge in [-0.05, 0) is 24.3 Å². The van der Waals surface area contributed by atoms with Crippen LogP contribution in [0.1, 0.15) is 0 Å². The molecule has 6 rings (SSSR count). The summed E-state index contributed by atoms with van der Waals surface area (Å²) in [5.74, 6) is 0.542. The Morgan fingerprint density at radius 3 is 2.64 bits per heavy atom. The van der Waals surface area contributed by atoms with Crippen LogP contribution in [0, 0.1) is 5.82 Å². The number of hydrogen-bond donors (Lipinski definition) is 2. The summed E-state index contributed by atoms with van der Waals surface area (Å²) < 4.78 is 19.3. The average Bonchev–Trinajstić information content (AvgIpc) is 3.47. The van der Waals surface area contributed by atoms with Crippen molar-refractivity contribution in [2.75, 3.05) is 7.11 Å². The van der Waals surface area contributed by atoms with Crippen molar-refractivity contribution in [2.24, 2.45) is 0 Å². The van der Waals surface area contributed by atoms with Gasteiger partial charge in [0.1, 0.15) is 29.1 Å². The summed E-state index contributed by atoms with van der Waals surface area (Å²) in [6.07, 6.45) is 8.24. The fourth-order valence-corrected chi connectivity index (χ4v) is 3.76. The standard InChI is InChI=1S/C23H15FN8O/c1-33-15-5-12(4-14(24)6-15)20-22-17(2-3-27-20)29-23(30-22)21-16-7-18(13-8-25-11-26-9-13)28-10-19(16)31-32-21/h2-11H,1H3,(H,29,30)(H,31,32). The van der Waals surface area contributed by atoms with Crippen LogP contribution in [-0.4, -0.2) is 47.2 Å². The quantitative estimate of drug-likeness (QED) is 0.424. The summed E-state index contributed by atoms with van der Waals surface area (Å²) in [4.78, 5) is 25.1. The Bertz CT molecular complexity index is 1630. The first-order chi connectivity index (χ1) is 16.2. The van der Waals surface area contributed by atoms with Crippen molar-refractivity contribution in [1.29, 1.82) is 0 Å². The summed E-state index contributed by atoms with van der Waals surface area (Å²) in [6, 6.07) is 8.18. The summed E-state index contributed by atoms with van der Waals surface area (Å²) >= 11 is 0. The molecular formula is C23H15FN8O. The van der Waals surface area contributed by atoms with Crippen LogP contribution in [0.4, 0.5) is 4.39 Å². The monoisotopic (exact) mass is 438 g/mol. The molecule has 5 aromatic heterocycles. The van der Waals surface area contributed by atoms with Crippen LogP contribution in [0.2, 0.25) is 0 Å². The Labute approximate surface area is 185 Å². The molecule has 0 aliphatic carbocycles. The molecule has 0 atom stereocenters. The molecule has 160 valence electrons. The first kappa shape index (κ1) is 19.0. The van der Waals surface area contributed by atoms with Crippen molar-refractivity contribution in [2.45, 2.75) is 0 Å². The maximum atomic E-state index is 14.1. The van der Waals surface area contributed by atoms with Gasteiger partial charge in [0.15, 0.2) is 5.82 Å². The van der Waals surface area contributed by atoms with E-state index >= 15 is 0 Å². The third-order valence-electron chi connectivity index (χ3n) is 5.31. The molecule has 0 saturated heterocycles. The number of aromatic amines is 2. The number of aromatic nitrogens is 8. The molecule has 0 bridgehead atoms. The van der Waals surface area contributed by atoms with Crippen molar-refractivity contribution in [3.63, 3.8) is 0 Å². The van der Waals surface area contributed by atoms with E-state index in [1.807, 2.05) is 12.1 Å². The number of methoxy groups -OCH3 is 1. The predicted octanol–water partition coefficient (Wildman–Crippen LogP) is 4.17. The van der Waals surface area contributed by atoms with Crippen molar-refractivity contribution in [1.82, 2.24) is 40.1 Å². The highest BCUT2D eigenvalue weighted by atomic mass is 19.1. The molecule has 1 aromatic carbocycles. The minimum atomic E-state index is -0.415. The number of fused-ring (bicyclic) bond motifs is 2. The van der Waals surface area contributed by atoms with E-state index in [4.69, 9.17) is 9.72 Å². The van der Waals surface area contributed by atoms with Crippen molar-refractivity contribution >= 4 is 21.9 Å². The maximum Gasteiger partial charge on any atom is 0.159 e. The summed E-state index contributed by atoms with van der Waals surface area (Å²) in [5, 5.41) is 8.28. The molecule has 5 heterocycles. The molecule has 0 aliphatic rings. The maximum absolute atomic E-state index is 14.1. The van der Waals surface area contributed by atoms with E-state index < -0.39 is 5.82 Å². The van der Waals surface area contributed by atoms with E-state index in [1.54, 1.807) is 30.9 Å². The summed E-state index contributed by atoms with van der Waals surface area (Å²) in [6.45, 7) is 0. The number of halogens is 1. The van der Waals surface area contributed by atoms with Gasteiger partial charge in [-0.1, -0.05) is 0 Å². The Morgan fingerprint density at radius 2 is 1.79 bits per heavy atom. The highest BCUT2D eigenvalue weighted by Crippen LogP contribution is 2.32. The minimum absolute atomic E-state index is 0.405. The SMILES string of the molecule is COc1cc(F)cc(-c2nccc3[nH]c(-c4n[nH]c5cnc(-c6cncnc6)cc45)nc23)c1. The molecule has 9 nitrogen and oxygen atoms in total. The van der Waals surface area contributed by atoms with Crippen molar-refractivity contribution < 1.29 is 9.13 Å². The minimum Gasteiger partial charge on any atom is -0.497 e. The van der Waals surface area contributed by atoms with Gasteiger partial charge in [-0.25, -0.2) is 19.3 Å². The van der Waals surface area contributed by atoms with E-state index in [0.29, 0.717) is 34.0 Å². The number of benzene rings is 1. The van der Waals surface area contributed by atoms with Crippen LogP contribution >= 0.6 is 0 Å². The van der Waals surface area contributed by atoms with E-state index in [1.165, 1.54) is 25.6 Å². The zero-order chi connectivity index (χ0) is 22.4. The molecule has 33 heavy (non-hydrogen) atoms. The lowest BCUT2D eigenvalue weighted by Gasteiger charge is -2.05. The van der Waals surface area contributed by atoms with E-state index in [-0.39, 0.29) is 0 Å². The van der Waals surface area contributed by atoms with Gasteiger partial charge >= 0.3 is 0 Å². The van der Waals surface area contributed by atoms with Crippen molar-refractivity contribution in [3.8, 4) is 39.8 Å². The van der Waals surface area contributed by atoms with Gasteiger partial charge in [0.25, 0.3) is 0 Å². The number of nitrogens with one attached hydrogen (secondary N) is 2.